The molecule has 2 rings (SSSR count). The van der Waals surface area contributed by atoms with E-state index in [9.17, 15) is 4.79 Å². The van der Waals surface area contributed by atoms with Gasteiger partial charge in [-0.25, -0.2) is 4.79 Å². The minimum absolute atomic E-state index is 0.354. The largest absolute Gasteiger partial charge is 0.440 e. The van der Waals surface area contributed by atoms with Crippen molar-refractivity contribution >= 4 is 22.0 Å². The second-order valence-corrected chi connectivity index (χ2v) is 5.31. The van der Waals surface area contributed by atoms with E-state index < -0.39 is 6.09 Å². The highest BCUT2D eigenvalue weighted by molar-refractivity contribution is 9.10. The minimum Gasteiger partial charge on any atom is -0.440 e. The minimum atomic E-state index is -0.752. The molecule has 1 atom stereocenters. The Labute approximate surface area is 120 Å². The number of nitrogens with zero attached hydrogens (tertiary/aromatic N) is 1. The Morgan fingerprint density at radius 2 is 2.21 bits per heavy atom. The molecule has 1 saturated heterocycles. The number of carbonyl (C=O) groups excluding carboxylic acids is 1. The maximum atomic E-state index is 11.1. The Kier molecular flexibility index (Phi) is 5.18. The Hall–Kier alpha value is -1.11. The van der Waals surface area contributed by atoms with Crippen LogP contribution >= 0.6 is 15.9 Å². The summed E-state index contributed by atoms with van der Waals surface area (Å²) in [7, 11) is 0. The number of ether oxygens (including phenoxy) is 2. The molecular weight excluding hydrogens is 312 g/mol. The predicted octanol–water partition coefficient (Wildman–Crippen LogP) is 1.92. The van der Waals surface area contributed by atoms with E-state index in [1.807, 2.05) is 24.3 Å². The molecule has 0 radical (unpaired) electrons. The van der Waals surface area contributed by atoms with Crippen LogP contribution in [0.5, 0.6) is 0 Å². The van der Waals surface area contributed by atoms with Crippen LogP contribution < -0.4 is 5.73 Å². The zero-order valence-electron chi connectivity index (χ0n) is 10.5. The quantitative estimate of drug-likeness (QED) is 0.917. The highest BCUT2D eigenvalue weighted by atomic mass is 79.9. The van der Waals surface area contributed by atoms with E-state index in [-0.39, 0.29) is 6.10 Å². The molecule has 104 valence electrons. The van der Waals surface area contributed by atoms with Gasteiger partial charge in [0.05, 0.1) is 13.2 Å². The first-order valence-corrected chi connectivity index (χ1v) is 6.96. The van der Waals surface area contributed by atoms with E-state index in [1.165, 1.54) is 0 Å². The lowest BCUT2D eigenvalue weighted by Gasteiger charge is -2.30. The first kappa shape index (κ1) is 14.3. The average Bonchev–Trinajstić information content (AvgIpc) is 2.39. The Morgan fingerprint density at radius 1 is 1.47 bits per heavy atom. The van der Waals surface area contributed by atoms with Gasteiger partial charge in [-0.15, -0.1) is 0 Å². The number of carbonyl (C=O) groups is 1. The summed E-state index contributed by atoms with van der Waals surface area (Å²) in [5.74, 6) is 0. The monoisotopic (exact) mass is 328 g/mol. The van der Waals surface area contributed by atoms with Gasteiger partial charge in [0.1, 0.15) is 6.10 Å². The Balaban J connectivity index is 2.08. The summed E-state index contributed by atoms with van der Waals surface area (Å²) >= 11 is 3.42. The third-order valence-corrected chi connectivity index (χ3v) is 3.50. The Morgan fingerprint density at radius 3 is 2.84 bits per heavy atom. The number of benzene rings is 1. The van der Waals surface area contributed by atoms with E-state index in [0.29, 0.717) is 19.8 Å². The summed E-state index contributed by atoms with van der Waals surface area (Å²) < 4.78 is 11.5. The van der Waals surface area contributed by atoms with Crippen LogP contribution in [0.2, 0.25) is 0 Å². The maximum Gasteiger partial charge on any atom is 0.405 e. The van der Waals surface area contributed by atoms with Gasteiger partial charge in [0.15, 0.2) is 0 Å². The molecule has 2 N–H and O–H groups in total. The molecule has 0 unspecified atom stereocenters. The lowest BCUT2D eigenvalue weighted by molar-refractivity contribution is 0.00981. The second kappa shape index (κ2) is 6.88. The molecule has 1 aromatic carbocycles. The highest BCUT2D eigenvalue weighted by Gasteiger charge is 2.21. The van der Waals surface area contributed by atoms with Gasteiger partial charge in [-0.3, -0.25) is 4.90 Å². The molecular formula is C13H17BrN2O3. The number of hydrogen-bond acceptors (Lipinski definition) is 4. The maximum absolute atomic E-state index is 11.1. The highest BCUT2D eigenvalue weighted by Crippen LogP contribution is 2.22. The van der Waals surface area contributed by atoms with Crippen LogP contribution in [-0.2, 0) is 9.47 Å². The van der Waals surface area contributed by atoms with Crippen LogP contribution in [-0.4, -0.2) is 43.8 Å². The van der Waals surface area contributed by atoms with E-state index in [4.69, 9.17) is 15.2 Å². The SMILES string of the molecule is NC(=O)O[C@@H](CN1CCOCC1)c1cccc(Br)c1. The molecule has 0 saturated carbocycles. The van der Waals surface area contributed by atoms with Crippen molar-refractivity contribution in [3.8, 4) is 0 Å². The third-order valence-electron chi connectivity index (χ3n) is 3.01. The van der Waals surface area contributed by atoms with E-state index in [0.717, 1.165) is 23.1 Å². The van der Waals surface area contributed by atoms with E-state index in [2.05, 4.69) is 20.8 Å². The number of rotatable bonds is 4. The van der Waals surface area contributed by atoms with Crippen molar-refractivity contribution < 1.29 is 14.3 Å². The van der Waals surface area contributed by atoms with Gasteiger partial charge >= 0.3 is 6.09 Å². The summed E-state index contributed by atoms with van der Waals surface area (Å²) in [5.41, 5.74) is 6.09. The standard InChI is InChI=1S/C13H17BrN2O3/c14-11-3-1-2-10(8-11)12(19-13(15)17)9-16-4-6-18-7-5-16/h1-3,8,12H,4-7,9H2,(H2,15,17)/t12-/m0/s1. The number of nitrogens with two attached hydrogens (primary N) is 1. The molecule has 0 aliphatic carbocycles. The van der Waals surface area contributed by atoms with E-state index in [1.54, 1.807) is 0 Å². The lowest BCUT2D eigenvalue weighted by atomic mass is 10.1. The molecule has 0 bridgehead atoms. The zero-order chi connectivity index (χ0) is 13.7. The van der Waals surface area contributed by atoms with Gasteiger partial charge in [0.25, 0.3) is 0 Å². The molecule has 1 fully saturated rings. The number of hydrogen-bond donors (Lipinski definition) is 1. The molecule has 1 heterocycles. The van der Waals surface area contributed by atoms with Gasteiger partial charge in [-0.1, -0.05) is 28.1 Å². The lowest BCUT2D eigenvalue weighted by Crippen LogP contribution is -2.40. The van der Waals surface area contributed by atoms with Crippen LogP contribution in [0.3, 0.4) is 0 Å². The summed E-state index contributed by atoms with van der Waals surface area (Å²) in [5, 5.41) is 0. The molecule has 1 aromatic rings. The van der Waals surface area contributed by atoms with Gasteiger partial charge in [0.2, 0.25) is 0 Å². The molecule has 5 nitrogen and oxygen atoms in total. The van der Waals surface area contributed by atoms with Crippen molar-refractivity contribution in [2.75, 3.05) is 32.8 Å². The van der Waals surface area contributed by atoms with E-state index >= 15 is 0 Å². The fourth-order valence-corrected chi connectivity index (χ4v) is 2.49. The normalized spacial score (nSPS) is 17.9. The van der Waals surface area contributed by atoms with Crippen molar-refractivity contribution in [3.63, 3.8) is 0 Å². The summed E-state index contributed by atoms with van der Waals surface area (Å²) in [6.07, 6.45) is -1.11. The first-order chi connectivity index (χ1) is 9.15. The third kappa shape index (κ3) is 4.49. The van der Waals surface area contributed by atoms with Crippen LogP contribution in [0.25, 0.3) is 0 Å². The molecule has 6 heteroatoms. The molecule has 1 amide bonds. The average molecular weight is 329 g/mol. The van der Waals surface area contributed by atoms with Crippen molar-refractivity contribution in [2.24, 2.45) is 5.73 Å². The number of amides is 1. The Bertz CT molecular complexity index is 436. The van der Waals surface area contributed by atoms with Crippen LogP contribution in [0.1, 0.15) is 11.7 Å². The van der Waals surface area contributed by atoms with Crippen LogP contribution in [0.4, 0.5) is 4.79 Å². The molecule has 1 aliphatic heterocycles. The van der Waals surface area contributed by atoms with Gasteiger partial charge in [0, 0.05) is 24.1 Å². The predicted molar refractivity (Wildman–Crippen MR) is 74.8 cm³/mol. The smallest absolute Gasteiger partial charge is 0.405 e. The molecule has 0 aromatic heterocycles. The number of primary amides is 1. The van der Waals surface area contributed by atoms with Gasteiger partial charge < -0.3 is 15.2 Å². The van der Waals surface area contributed by atoms with Crippen molar-refractivity contribution in [3.05, 3.63) is 34.3 Å². The molecule has 1 aliphatic rings. The fraction of sp³-hybridized carbons (Fsp3) is 0.462. The van der Waals surface area contributed by atoms with Crippen molar-refractivity contribution in [1.29, 1.82) is 0 Å². The molecule has 0 spiro atoms. The second-order valence-electron chi connectivity index (χ2n) is 4.39. The van der Waals surface area contributed by atoms with Crippen molar-refractivity contribution in [2.45, 2.75) is 6.10 Å². The first-order valence-electron chi connectivity index (χ1n) is 6.17. The fourth-order valence-electron chi connectivity index (χ4n) is 2.08. The zero-order valence-corrected chi connectivity index (χ0v) is 12.1. The topological polar surface area (TPSA) is 64.8 Å². The number of halogens is 1. The molecule has 19 heavy (non-hydrogen) atoms. The number of morpholine rings is 1. The summed E-state index contributed by atoms with van der Waals surface area (Å²) in [6, 6.07) is 7.71. The summed E-state index contributed by atoms with van der Waals surface area (Å²) in [6.45, 7) is 3.73. The van der Waals surface area contributed by atoms with Crippen LogP contribution in [0.15, 0.2) is 28.7 Å². The van der Waals surface area contributed by atoms with Crippen molar-refractivity contribution in [1.82, 2.24) is 4.90 Å². The summed E-state index contributed by atoms with van der Waals surface area (Å²) in [4.78, 5) is 13.3. The van der Waals surface area contributed by atoms with Crippen LogP contribution in [0, 0.1) is 0 Å². The van der Waals surface area contributed by atoms with Gasteiger partial charge in [-0.05, 0) is 17.7 Å². The van der Waals surface area contributed by atoms with Gasteiger partial charge in [-0.2, -0.15) is 0 Å².